The smallest absolute Gasteiger partial charge is 0.341 e. The van der Waals surface area contributed by atoms with Crippen LogP contribution in [0.4, 0.5) is 20.2 Å². The van der Waals surface area contributed by atoms with Crippen LogP contribution in [0.1, 0.15) is 19.4 Å². The first kappa shape index (κ1) is 20.8. The van der Waals surface area contributed by atoms with Gasteiger partial charge in [0.15, 0.2) is 0 Å². The number of carbonyl (C=O) groups is 1. The summed E-state index contributed by atoms with van der Waals surface area (Å²) in [5.74, 6) is -3.78. The van der Waals surface area contributed by atoms with E-state index in [1.54, 1.807) is 0 Å². The van der Waals surface area contributed by atoms with Crippen molar-refractivity contribution >= 4 is 27.1 Å². The number of anilines is 2. The third kappa shape index (κ3) is 5.26. The fourth-order valence-corrected chi connectivity index (χ4v) is 3.22. The van der Waals surface area contributed by atoms with Gasteiger partial charge in [-0.15, -0.1) is 0 Å². The molecule has 0 aliphatic rings. The Balaban J connectivity index is 2.08. The van der Waals surface area contributed by atoms with Crippen LogP contribution in [0, 0.1) is 6.92 Å². The van der Waals surface area contributed by atoms with Crippen molar-refractivity contribution in [3.63, 3.8) is 0 Å². The molecule has 2 aromatic carbocycles. The second kappa shape index (κ2) is 8.47. The maximum Gasteiger partial charge on any atom is 0.341 e. The predicted molar refractivity (Wildman–Crippen MR) is 102 cm³/mol. The number of rotatable bonds is 7. The lowest BCUT2D eigenvalue weighted by molar-refractivity contribution is -0.115. The molecule has 5 nitrogen and oxygen atoms in total. The lowest BCUT2D eigenvalue weighted by Crippen LogP contribution is -2.38. The van der Waals surface area contributed by atoms with E-state index in [2.05, 4.69) is 5.32 Å². The van der Waals surface area contributed by atoms with E-state index in [0.29, 0.717) is 5.69 Å². The maximum atomic E-state index is 12.6. The van der Waals surface area contributed by atoms with E-state index in [4.69, 9.17) is 0 Å². The fraction of sp³-hybridized carbons (Fsp3) is 0.316. The van der Waals surface area contributed by atoms with Gasteiger partial charge in [-0.25, -0.2) is 8.42 Å². The summed E-state index contributed by atoms with van der Waals surface area (Å²) in [5.41, 5.74) is 2.36. The third-order valence-corrected chi connectivity index (χ3v) is 5.40. The first-order valence-corrected chi connectivity index (χ1v) is 9.91. The average Bonchev–Trinajstić information content (AvgIpc) is 2.60. The minimum absolute atomic E-state index is 0.0806. The zero-order valence-corrected chi connectivity index (χ0v) is 16.1. The van der Waals surface area contributed by atoms with Gasteiger partial charge in [0.25, 0.3) is 0 Å². The van der Waals surface area contributed by atoms with Crippen LogP contribution in [0.5, 0.6) is 0 Å². The van der Waals surface area contributed by atoms with Crippen molar-refractivity contribution in [1.82, 2.24) is 0 Å². The molecule has 0 saturated carbocycles. The molecule has 1 N–H and O–H groups in total. The van der Waals surface area contributed by atoms with E-state index in [1.807, 2.05) is 49.9 Å². The van der Waals surface area contributed by atoms with Crippen LogP contribution in [-0.2, 0) is 14.6 Å². The Morgan fingerprint density at radius 2 is 1.59 bits per heavy atom. The number of nitrogens with one attached hydrogen (secondary N) is 1. The lowest BCUT2D eigenvalue weighted by Gasteiger charge is -2.28. The molecule has 27 heavy (non-hydrogen) atoms. The normalized spacial score (nSPS) is 11.7. The Kier molecular flexibility index (Phi) is 6.54. The summed E-state index contributed by atoms with van der Waals surface area (Å²) in [7, 11) is -4.65. The summed E-state index contributed by atoms with van der Waals surface area (Å²) in [6, 6.07) is 12.6. The van der Waals surface area contributed by atoms with Crippen LogP contribution in [-0.4, -0.2) is 32.7 Å². The van der Waals surface area contributed by atoms with Gasteiger partial charge in [0.2, 0.25) is 15.7 Å². The van der Waals surface area contributed by atoms with Gasteiger partial charge in [-0.3, -0.25) is 4.79 Å². The highest BCUT2D eigenvalue weighted by atomic mass is 32.2. The quantitative estimate of drug-likeness (QED) is 0.772. The van der Waals surface area contributed by atoms with E-state index in [0.717, 1.165) is 23.4 Å². The summed E-state index contributed by atoms with van der Waals surface area (Å²) in [4.78, 5) is 13.8. The van der Waals surface area contributed by atoms with Gasteiger partial charge in [-0.1, -0.05) is 17.7 Å². The number of hydrogen-bond donors (Lipinski definition) is 1. The third-order valence-electron chi connectivity index (χ3n) is 4.00. The Labute approximate surface area is 157 Å². The van der Waals surface area contributed by atoms with Gasteiger partial charge in [-0.2, -0.15) is 8.78 Å². The zero-order valence-electron chi connectivity index (χ0n) is 15.3. The molecule has 0 saturated heterocycles. The molecular formula is C19H22F2N2O3S. The van der Waals surface area contributed by atoms with Crippen LogP contribution in [0.15, 0.2) is 53.4 Å². The van der Waals surface area contributed by atoms with Gasteiger partial charge in [0, 0.05) is 17.4 Å². The van der Waals surface area contributed by atoms with Crippen LogP contribution < -0.4 is 10.2 Å². The van der Waals surface area contributed by atoms with Crippen molar-refractivity contribution in [3.8, 4) is 0 Å². The standard InChI is InChI=1S/C19H22F2N2O3S/c1-13(2)23(16-8-4-14(3)5-9-16)12-18(24)22-15-6-10-17(11-7-15)27(25,26)19(20)21/h4-11,13,19H,12H2,1-3H3,(H,22,24). The Morgan fingerprint density at radius 3 is 2.07 bits per heavy atom. The van der Waals surface area contributed by atoms with E-state index < -0.39 is 20.5 Å². The number of amides is 1. The van der Waals surface area contributed by atoms with E-state index >= 15 is 0 Å². The van der Waals surface area contributed by atoms with Crippen molar-refractivity contribution in [3.05, 3.63) is 54.1 Å². The van der Waals surface area contributed by atoms with Crippen LogP contribution in [0.25, 0.3) is 0 Å². The van der Waals surface area contributed by atoms with Crippen molar-refractivity contribution in [2.24, 2.45) is 0 Å². The van der Waals surface area contributed by atoms with Crippen molar-refractivity contribution in [1.29, 1.82) is 0 Å². The van der Waals surface area contributed by atoms with Crippen LogP contribution in [0.2, 0.25) is 0 Å². The molecule has 8 heteroatoms. The summed E-state index contributed by atoms with van der Waals surface area (Å²) in [5, 5.41) is 2.65. The van der Waals surface area contributed by atoms with Gasteiger partial charge in [0.05, 0.1) is 11.4 Å². The first-order valence-electron chi connectivity index (χ1n) is 8.36. The van der Waals surface area contributed by atoms with Gasteiger partial charge < -0.3 is 10.2 Å². The number of alkyl halides is 2. The van der Waals surface area contributed by atoms with E-state index in [9.17, 15) is 22.0 Å². The zero-order chi connectivity index (χ0) is 20.2. The van der Waals surface area contributed by atoms with Gasteiger partial charge in [0.1, 0.15) is 0 Å². The number of nitrogens with zero attached hydrogens (tertiary/aromatic N) is 1. The molecule has 0 fully saturated rings. The molecule has 0 spiro atoms. The molecule has 0 atom stereocenters. The molecule has 146 valence electrons. The molecular weight excluding hydrogens is 374 g/mol. The summed E-state index contributed by atoms with van der Waals surface area (Å²) < 4.78 is 47.9. The minimum Gasteiger partial charge on any atom is -0.360 e. The molecule has 0 aromatic heterocycles. The molecule has 0 heterocycles. The molecule has 0 bridgehead atoms. The molecule has 2 aromatic rings. The Hall–Kier alpha value is -2.48. The number of benzene rings is 2. The second-order valence-electron chi connectivity index (χ2n) is 6.44. The highest BCUT2D eigenvalue weighted by molar-refractivity contribution is 7.91. The molecule has 0 aliphatic heterocycles. The van der Waals surface area contributed by atoms with E-state index in [1.165, 1.54) is 12.1 Å². The summed E-state index contributed by atoms with van der Waals surface area (Å²) in [6.45, 7) is 6.01. The lowest BCUT2D eigenvalue weighted by atomic mass is 10.2. The van der Waals surface area contributed by atoms with Crippen LogP contribution in [0.3, 0.4) is 0 Å². The monoisotopic (exact) mass is 396 g/mol. The van der Waals surface area contributed by atoms with Crippen LogP contribution >= 0.6 is 0 Å². The number of aryl methyl sites for hydroxylation is 1. The van der Waals surface area contributed by atoms with E-state index in [-0.39, 0.29) is 18.5 Å². The topological polar surface area (TPSA) is 66.5 Å². The summed E-state index contributed by atoms with van der Waals surface area (Å²) in [6.07, 6.45) is 0. The van der Waals surface area contributed by atoms with Gasteiger partial charge in [-0.05, 0) is 57.2 Å². The highest BCUT2D eigenvalue weighted by Crippen LogP contribution is 2.21. The second-order valence-corrected chi connectivity index (χ2v) is 8.35. The maximum absolute atomic E-state index is 12.6. The fourth-order valence-electron chi connectivity index (χ4n) is 2.49. The SMILES string of the molecule is Cc1ccc(N(CC(=O)Nc2ccc(S(=O)(=O)C(F)F)cc2)C(C)C)cc1. The number of halogens is 2. The first-order chi connectivity index (χ1) is 12.6. The van der Waals surface area contributed by atoms with Crippen molar-refractivity contribution in [2.75, 3.05) is 16.8 Å². The molecule has 0 radical (unpaired) electrons. The Bertz CT molecular complexity index is 880. The molecule has 2 rings (SSSR count). The summed E-state index contributed by atoms with van der Waals surface area (Å²) >= 11 is 0. The molecule has 1 amide bonds. The average molecular weight is 396 g/mol. The minimum atomic E-state index is -4.65. The Morgan fingerprint density at radius 1 is 1.04 bits per heavy atom. The number of hydrogen-bond acceptors (Lipinski definition) is 4. The van der Waals surface area contributed by atoms with Gasteiger partial charge >= 0.3 is 5.76 Å². The van der Waals surface area contributed by atoms with Crippen molar-refractivity contribution < 1.29 is 22.0 Å². The molecule has 0 unspecified atom stereocenters. The van der Waals surface area contributed by atoms with Crippen molar-refractivity contribution in [2.45, 2.75) is 37.5 Å². The predicted octanol–water partition coefficient (Wildman–Crippen LogP) is 3.84. The molecule has 0 aliphatic carbocycles. The number of carbonyl (C=O) groups excluding carboxylic acids is 1. The number of sulfone groups is 1. The largest absolute Gasteiger partial charge is 0.360 e. The highest BCUT2D eigenvalue weighted by Gasteiger charge is 2.26.